The average Bonchev–Trinajstić information content (AvgIpc) is 3.52. The number of sulfonamides is 1. The van der Waals surface area contributed by atoms with Crippen molar-refractivity contribution < 1.29 is 26.4 Å². The van der Waals surface area contributed by atoms with Gasteiger partial charge < -0.3 is 0 Å². The Bertz CT molecular complexity index is 1250. The molecule has 0 aliphatic carbocycles. The second-order valence-electron chi connectivity index (χ2n) is 7.50. The molecular formula is C21H18ClF3N2O3S3. The van der Waals surface area contributed by atoms with Crippen LogP contribution in [0.5, 0.6) is 0 Å². The fourth-order valence-electron chi connectivity index (χ4n) is 3.69. The molecule has 0 saturated carbocycles. The van der Waals surface area contributed by atoms with Gasteiger partial charge in [0.2, 0.25) is 0 Å². The quantitative estimate of drug-likeness (QED) is 0.378. The van der Waals surface area contributed by atoms with E-state index in [1.807, 2.05) is 0 Å². The topological polar surface area (TPSA) is 67.3 Å². The Labute approximate surface area is 201 Å². The predicted octanol–water partition coefficient (Wildman–Crippen LogP) is 5.90. The molecule has 1 atom stereocenters. The van der Waals surface area contributed by atoms with E-state index >= 15 is 0 Å². The van der Waals surface area contributed by atoms with Gasteiger partial charge in [0.25, 0.3) is 10.0 Å². The van der Waals surface area contributed by atoms with Gasteiger partial charge in [-0.15, -0.1) is 22.7 Å². The summed E-state index contributed by atoms with van der Waals surface area (Å²) in [4.78, 5) is 17.3. The molecule has 0 unspecified atom stereocenters. The second-order valence-corrected chi connectivity index (χ2v) is 12.3. The summed E-state index contributed by atoms with van der Waals surface area (Å²) in [6.45, 7) is 0.281. The lowest BCUT2D eigenvalue weighted by Crippen LogP contribution is -2.40. The van der Waals surface area contributed by atoms with Crippen LogP contribution in [0.3, 0.4) is 0 Å². The molecular weight excluding hydrogens is 517 g/mol. The number of halogens is 4. The van der Waals surface area contributed by atoms with Crippen LogP contribution >= 0.6 is 34.3 Å². The molecule has 4 rings (SSSR count). The number of aromatic nitrogens is 1. The highest BCUT2D eigenvalue weighted by Crippen LogP contribution is 2.34. The summed E-state index contributed by atoms with van der Waals surface area (Å²) in [7, 11) is -3.79. The molecule has 0 amide bonds. The predicted molar refractivity (Wildman–Crippen MR) is 122 cm³/mol. The second kappa shape index (κ2) is 9.46. The number of carbonyl (C=O) groups excluding carboxylic acids is 1. The molecule has 176 valence electrons. The van der Waals surface area contributed by atoms with Crippen molar-refractivity contribution >= 4 is 50.1 Å². The number of aryl methyl sites for hydroxylation is 1. The van der Waals surface area contributed by atoms with Gasteiger partial charge in [-0.1, -0.05) is 23.7 Å². The van der Waals surface area contributed by atoms with Crippen molar-refractivity contribution in [3.63, 3.8) is 0 Å². The van der Waals surface area contributed by atoms with Crippen LogP contribution < -0.4 is 0 Å². The smallest absolute Gasteiger partial charge is 0.298 e. The van der Waals surface area contributed by atoms with Gasteiger partial charge in [-0.3, -0.25) is 4.79 Å². The Hall–Kier alpha value is -1.79. The van der Waals surface area contributed by atoms with Crippen LogP contribution in [0.25, 0.3) is 11.3 Å². The zero-order valence-corrected chi connectivity index (χ0v) is 20.2. The molecule has 1 aromatic carbocycles. The monoisotopic (exact) mass is 534 g/mol. The molecule has 0 bridgehead atoms. The largest absolute Gasteiger partial charge is 0.416 e. The highest BCUT2D eigenvalue weighted by atomic mass is 35.5. The third kappa shape index (κ3) is 5.32. The number of carbonyl (C=O) groups is 1. The molecule has 0 radical (unpaired) electrons. The number of benzene rings is 1. The molecule has 0 N–H and O–H groups in total. The third-order valence-corrected chi connectivity index (χ3v) is 9.85. The van der Waals surface area contributed by atoms with E-state index < -0.39 is 27.8 Å². The number of Topliss-reactive ketones (excluding diaryl/α,β-unsaturated/α-hetero) is 1. The summed E-state index contributed by atoms with van der Waals surface area (Å²) in [5.41, 5.74) is 0.364. The van der Waals surface area contributed by atoms with E-state index in [-0.39, 0.29) is 23.0 Å². The normalized spacial score (nSPS) is 17.5. The van der Waals surface area contributed by atoms with Crippen LogP contribution in [0.4, 0.5) is 13.2 Å². The maximum atomic E-state index is 12.9. The van der Waals surface area contributed by atoms with Crippen molar-refractivity contribution in [1.29, 1.82) is 0 Å². The van der Waals surface area contributed by atoms with Gasteiger partial charge >= 0.3 is 6.18 Å². The molecule has 33 heavy (non-hydrogen) atoms. The molecule has 2 aromatic heterocycles. The van der Waals surface area contributed by atoms with Gasteiger partial charge in [-0.25, -0.2) is 13.4 Å². The minimum Gasteiger partial charge on any atom is -0.298 e. The SMILES string of the molecule is O=C(CCc1nc(-c2ccc(C(F)(F)F)cc2)cs1)[C@@H]1CCCN1S(=O)(=O)c1ccc(Cl)s1. The first-order valence-electron chi connectivity index (χ1n) is 9.97. The molecule has 5 nitrogen and oxygen atoms in total. The Balaban J connectivity index is 1.40. The number of thiophene rings is 1. The molecule has 1 saturated heterocycles. The van der Waals surface area contributed by atoms with Crippen LogP contribution in [0.1, 0.15) is 29.8 Å². The van der Waals surface area contributed by atoms with Crippen molar-refractivity contribution in [2.75, 3.05) is 6.54 Å². The number of hydrogen-bond acceptors (Lipinski definition) is 6. The molecule has 3 heterocycles. The fraction of sp³-hybridized carbons (Fsp3) is 0.333. The lowest BCUT2D eigenvalue weighted by molar-refractivity contribution is -0.137. The summed E-state index contributed by atoms with van der Waals surface area (Å²) in [6.07, 6.45) is -2.87. The maximum absolute atomic E-state index is 12.9. The zero-order valence-electron chi connectivity index (χ0n) is 17.0. The van der Waals surface area contributed by atoms with E-state index in [4.69, 9.17) is 11.6 Å². The van der Waals surface area contributed by atoms with Crippen LogP contribution in [0.15, 0.2) is 46.0 Å². The van der Waals surface area contributed by atoms with Crippen LogP contribution in [0, 0.1) is 0 Å². The standard InChI is InChI=1S/C21H18ClF3N2O3S3/c22-18-8-10-20(32-18)33(29,30)27-11-1-2-16(27)17(28)7-9-19-26-15(12-31-19)13-3-5-14(6-4-13)21(23,24)25/h3-6,8,10,12,16H,1-2,7,9,11H2/t16-/m0/s1. The molecule has 0 spiro atoms. The van der Waals surface area contributed by atoms with Crippen molar-refractivity contribution in [2.45, 2.75) is 42.1 Å². The first-order valence-corrected chi connectivity index (χ1v) is 13.5. The summed E-state index contributed by atoms with van der Waals surface area (Å²) in [6, 6.07) is 6.99. The number of thiazole rings is 1. The van der Waals surface area contributed by atoms with Gasteiger partial charge in [-0.05, 0) is 37.1 Å². The Morgan fingerprint density at radius 3 is 2.55 bits per heavy atom. The number of hydrogen-bond donors (Lipinski definition) is 0. The summed E-state index contributed by atoms with van der Waals surface area (Å²) >= 11 is 8.15. The van der Waals surface area contributed by atoms with E-state index in [9.17, 15) is 26.4 Å². The van der Waals surface area contributed by atoms with Gasteiger partial charge in [0.1, 0.15) is 4.21 Å². The van der Waals surface area contributed by atoms with E-state index in [1.54, 1.807) is 5.38 Å². The van der Waals surface area contributed by atoms with Crippen molar-refractivity contribution in [3.05, 3.63) is 56.7 Å². The van der Waals surface area contributed by atoms with Crippen LogP contribution in [0.2, 0.25) is 4.34 Å². The van der Waals surface area contributed by atoms with E-state index in [1.165, 1.54) is 39.9 Å². The Morgan fingerprint density at radius 1 is 1.18 bits per heavy atom. The van der Waals surface area contributed by atoms with Crippen molar-refractivity contribution in [2.24, 2.45) is 0 Å². The van der Waals surface area contributed by atoms with E-state index in [0.29, 0.717) is 39.9 Å². The van der Waals surface area contributed by atoms with Crippen molar-refractivity contribution in [3.8, 4) is 11.3 Å². The minimum absolute atomic E-state index is 0.119. The lowest BCUT2D eigenvalue weighted by atomic mass is 10.1. The number of nitrogens with zero attached hydrogens (tertiary/aromatic N) is 2. The Kier molecular flexibility index (Phi) is 6.97. The van der Waals surface area contributed by atoms with Gasteiger partial charge in [-0.2, -0.15) is 17.5 Å². The molecule has 12 heteroatoms. The van der Waals surface area contributed by atoms with E-state index in [0.717, 1.165) is 23.5 Å². The first-order chi connectivity index (χ1) is 15.6. The molecule has 1 aliphatic rings. The summed E-state index contributed by atoms with van der Waals surface area (Å²) in [5.74, 6) is -0.176. The fourth-order valence-corrected chi connectivity index (χ4v) is 7.78. The number of ketones is 1. The van der Waals surface area contributed by atoms with Gasteiger partial charge in [0, 0.05) is 30.3 Å². The van der Waals surface area contributed by atoms with Gasteiger partial charge in [0.05, 0.1) is 26.6 Å². The van der Waals surface area contributed by atoms with Gasteiger partial charge in [0.15, 0.2) is 5.78 Å². The zero-order chi connectivity index (χ0) is 23.8. The minimum atomic E-state index is -4.40. The number of alkyl halides is 3. The molecule has 1 aliphatic heterocycles. The third-order valence-electron chi connectivity index (χ3n) is 5.33. The Morgan fingerprint density at radius 2 is 1.91 bits per heavy atom. The van der Waals surface area contributed by atoms with Crippen LogP contribution in [-0.4, -0.2) is 36.1 Å². The maximum Gasteiger partial charge on any atom is 0.416 e. The van der Waals surface area contributed by atoms with E-state index in [2.05, 4.69) is 4.98 Å². The molecule has 3 aromatic rings. The number of rotatable bonds is 7. The summed E-state index contributed by atoms with van der Waals surface area (Å²) in [5, 5.41) is 2.39. The molecule has 1 fully saturated rings. The first kappa shape index (κ1) is 24.3. The van der Waals surface area contributed by atoms with Crippen molar-refractivity contribution in [1.82, 2.24) is 9.29 Å². The van der Waals surface area contributed by atoms with Crippen LogP contribution in [-0.2, 0) is 27.4 Å². The highest BCUT2D eigenvalue weighted by molar-refractivity contribution is 7.91. The highest BCUT2D eigenvalue weighted by Gasteiger charge is 2.39. The average molecular weight is 535 g/mol. The lowest BCUT2D eigenvalue weighted by Gasteiger charge is -2.22. The summed E-state index contributed by atoms with van der Waals surface area (Å²) < 4.78 is 65.8.